The fourth-order valence-electron chi connectivity index (χ4n) is 1.65. The van der Waals surface area contributed by atoms with E-state index >= 15 is 0 Å². The van der Waals surface area contributed by atoms with Crippen LogP contribution in [0.1, 0.15) is 19.4 Å². The Bertz CT molecular complexity index is 431. The van der Waals surface area contributed by atoms with Gasteiger partial charge in [-0.05, 0) is 17.9 Å². The minimum Gasteiger partial charge on any atom is -0.481 e. The normalized spacial score (nSPS) is 11.9. The summed E-state index contributed by atoms with van der Waals surface area (Å²) in [7, 11) is 0. The number of benzene rings is 1. The van der Waals surface area contributed by atoms with Crippen molar-refractivity contribution in [2.24, 2.45) is 11.8 Å². The van der Waals surface area contributed by atoms with Gasteiger partial charge in [-0.3, -0.25) is 4.79 Å². The Morgan fingerprint density at radius 2 is 1.90 bits per heavy atom. The molecule has 0 fully saturated rings. The van der Waals surface area contributed by atoms with Gasteiger partial charge in [0.1, 0.15) is 0 Å². The Kier molecular flexibility index (Phi) is 6.56. The van der Waals surface area contributed by atoms with E-state index in [1.807, 2.05) is 44.2 Å². The van der Waals surface area contributed by atoms with Crippen molar-refractivity contribution >= 4 is 12.1 Å². The Morgan fingerprint density at radius 1 is 1.25 bits per heavy atom. The number of rotatable bonds is 7. The zero-order valence-electron chi connectivity index (χ0n) is 11.8. The number of ether oxygens (including phenoxy) is 1. The van der Waals surface area contributed by atoms with E-state index < -0.39 is 18.0 Å². The summed E-state index contributed by atoms with van der Waals surface area (Å²) in [6, 6.07) is 9.33. The van der Waals surface area contributed by atoms with E-state index in [4.69, 9.17) is 4.74 Å². The molecule has 0 radical (unpaired) electrons. The van der Waals surface area contributed by atoms with Crippen molar-refractivity contribution in [3.8, 4) is 0 Å². The minimum atomic E-state index is -0.932. The van der Waals surface area contributed by atoms with Crippen LogP contribution in [-0.4, -0.2) is 30.3 Å². The van der Waals surface area contributed by atoms with Crippen LogP contribution in [0.2, 0.25) is 0 Å². The molecule has 2 N–H and O–H groups in total. The molecule has 5 nitrogen and oxygen atoms in total. The number of hydrogen-bond acceptors (Lipinski definition) is 3. The summed E-state index contributed by atoms with van der Waals surface area (Å²) < 4.78 is 4.94. The molecule has 5 heteroatoms. The highest BCUT2D eigenvalue weighted by atomic mass is 16.5. The van der Waals surface area contributed by atoms with E-state index in [-0.39, 0.29) is 12.5 Å². The van der Waals surface area contributed by atoms with E-state index in [1.165, 1.54) is 0 Å². The Labute approximate surface area is 118 Å². The molecule has 0 aliphatic heterocycles. The Morgan fingerprint density at radius 3 is 2.45 bits per heavy atom. The van der Waals surface area contributed by atoms with Crippen molar-refractivity contribution in [2.75, 3.05) is 13.2 Å². The zero-order chi connectivity index (χ0) is 15.0. The molecule has 0 aliphatic rings. The van der Waals surface area contributed by atoms with Gasteiger partial charge in [0.2, 0.25) is 0 Å². The van der Waals surface area contributed by atoms with Gasteiger partial charge >= 0.3 is 12.1 Å². The third-order valence-corrected chi connectivity index (χ3v) is 2.71. The van der Waals surface area contributed by atoms with E-state index in [0.717, 1.165) is 5.56 Å². The lowest BCUT2D eigenvalue weighted by molar-refractivity contribution is -0.141. The number of amides is 1. The number of carboxylic acid groups (broad SMARTS) is 1. The predicted octanol–water partition coefficient (Wildman–Crippen LogP) is 2.31. The average Bonchev–Trinajstić information content (AvgIpc) is 2.42. The molecular weight excluding hydrogens is 258 g/mol. The van der Waals surface area contributed by atoms with Gasteiger partial charge < -0.3 is 15.2 Å². The first kappa shape index (κ1) is 16.0. The van der Waals surface area contributed by atoms with Crippen molar-refractivity contribution in [3.05, 3.63) is 35.9 Å². The van der Waals surface area contributed by atoms with Gasteiger partial charge in [-0.25, -0.2) is 4.79 Å². The van der Waals surface area contributed by atoms with Gasteiger partial charge in [0, 0.05) is 6.54 Å². The fraction of sp³-hybridized carbons (Fsp3) is 0.467. The van der Waals surface area contributed by atoms with Gasteiger partial charge in [-0.1, -0.05) is 44.2 Å². The van der Waals surface area contributed by atoms with Crippen LogP contribution in [0.3, 0.4) is 0 Å². The largest absolute Gasteiger partial charge is 0.481 e. The second-order valence-corrected chi connectivity index (χ2v) is 5.10. The molecule has 0 bridgehead atoms. The summed E-state index contributed by atoms with van der Waals surface area (Å²) in [4.78, 5) is 22.6. The first-order valence-electron chi connectivity index (χ1n) is 6.66. The Hall–Kier alpha value is -2.04. The molecule has 1 amide bonds. The van der Waals surface area contributed by atoms with E-state index in [9.17, 15) is 14.7 Å². The van der Waals surface area contributed by atoms with Crippen LogP contribution in [-0.2, 0) is 16.0 Å². The van der Waals surface area contributed by atoms with Gasteiger partial charge in [-0.2, -0.15) is 0 Å². The van der Waals surface area contributed by atoms with Crippen LogP contribution in [0.4, 0.5) is 4.79 Å². The molecule has 1 atom stereocenters. The van der Waals surface area contributed by atoms with Crippen LogP contribution in [0.5, 0.6) is 0 Å². The maximum atomic E-state index is 11.4. The van der Waals surface area contributed by atoms with Gasteiger partial charge in [0.15, 0.2) is 0 Å². The van der Waals surface area contributed by atoms with E-state index in [1.54, 1.807) is 0 Å². The molecule has 110 valence electrons. The minimum absolute atomic E-state index is 0.0567. The van der Waals surface area contributed by atoms with Crippen LogP contribution in [0, 0.1) is 11.8 Å². The molecule has 0 aliphatic carbocycles. The Balaban J connectivity index is 2.44. The highest BCUT2D eigenvalue weighted by Gasteiger charge is 2.19. The molecule has 1 aromatic carbocycles. The van der Waals surface area contributed by atoms with E-state index in [2.05, 4.69) is 5.32 Å². The number of carboxylic acids is 1. The lowest BCUT2D eigenvalue weighted by Gasteiger charge is -2.14. The third-order valence-electron chi connectivity index (χ3n) is 2.71. The highest BCUT2D eigenvalue weighted by Crippen LogP contribution is 2.08. The quantitative estimate of drug-likeness (QED) is 0.803. The maximum absolute atomic E-state index is 11.4. The number of nitrogens with one attached hydrogen (secondary N) is 1. The average molecular weight is 279 g/mol. The van der Waals surface area contributed by atoms with Gasteiger partial charge in [-0.15, -0.1) is 0 Å². The molecule has 0 saturated heterocycles. The number of aliphatic carboxylic acids is 1. The van der Waals surface area contributed by atoms with Crippen molar-refractivity contribution in [2.45, 2.75) is 20.3 Å². The second kappa shape index (κ2) is 8.19. The number of carbonyl (C=O) groups excluding carboxylic acids is 1. The van der Waals surface area contributed by atoms with Gasteiger partial charge in [0.05, 0.1) is 12.5 Å². The summed E-state index contributed by atoms with van der Waals surface area (Å²) in [6.45, 7) is 4.24. The molecule has 1 aromatic rings. The van der Waals surface area contributed by atoms with Gasteiger partial charge in [0.25, 0.3) is 0 Å². The van der Waals surface area contributed by atoms with Crippen LogP contribution in [0.25, 0.3) is 0 Å². The maximum Gasteiger partial charge on any atom is 0.407 e. The first-order chi connectivity index (χ1) is 9.49. The molecule has 1 unspecified atom stereocenters. The lowest BCUT2D eigenvalue weighted by atomic mass is 9.99. The van der Waals surface area contributed by atoms with Crippen molar-refractivity contribution < 1.29 is 19.4 Å². The van der Waals surface area contributed by atoms with Crippen molar-refractivity contribution in [1.29, 1.82) is 0 Å². The standard InChI is InChI=1S/C15H21NO4/c1-11(2)10-20-15(19)16-9-13(14(17)18)8-12-6-4-3-5-7-12/h3-7,11,13H,8-10H2,1-2H3,(H,16,19)(H,17,18). The molecule has 20 heavy (non-hydrogen) atoms. The molecule has 0 saturated carbocycles. The summed E-state index contributed by atoms with van der Waals surface area (Å²) in [5, 5.41) is 11.7. The third kappa shape index (κ3) is 6.22. The fourth-order valence-corrected chi connectivity index (χ4v) is 1.65. The molecule has 0 aromatic heterocycles. The molecular formula is C15H21NO4. The number of carbonyl (C=O) groups is 2. The monoisotopic (exact) mass is 279 g/mol. The second-order valence-electron chi connectivity index (χ2n) is 5.10. The number of hydrogen-bond donors (Lipinski definition) is 2. The van der Waals surface area contributed by atoms with Crippen LogP contribution in [0.15, 0.2) is 30.3 Å². The SMILES string of the molecule is CC(C)COC(=O)NCC(Cc1ccccc1)C(=O)O. The summed E-state index contributed by atoms with van der Waals surface area (Å²) in [5.41, 5.74) is 0.928. The molecule has 0 heterocycles. The molecule has 0 spiro atoms. The lowest BCUT2D eigenvalue weighted by Crippen LogP contribution is -2.34. The van der Waals surface area contributed by atoms with Crippen molar-refractivity contribution in [1.82, 2.24) is 5.32 Å². The smallest absolute Gasteiger partial charge is 0.407 e. The summed E-state index contributed by atoms with van der Waals surface area (Å²) in [6.07, 6.45) is -0.196. The topological polar surface area (TPSA) is 75.6 Å². The first-order valence-corrected chi connectivity index (χ1v) is 6.66. The summed E-state index contributed by atoms with van der Waals surface area (Å²) in [5.74, 6) is -1.35. The summed E-state index contributed by atoms with van der Waals surface area (Å²) >= 11 is 0. The zero-order valence-corrected chi connectivity index (χ0v) is 11.8. The predicted molar refractivity (Wildman–Crippen MR) is 75.5 cm³/mol. The van der Waals surface area contributed by atoms with E-state index in [0.29, 0.717) is 13.0 Å². The number of alkyl carbamates (subject to hydrolysis) is 1. The van der Waals surface area contributed by atoms with Crippen LogP contribution >= 0.6 is 0 Å². The van der Waals surface area contributed by atoms with Crippen LogP contribution < -0.4 is 5.32 Å². The highest BCUT2D eigenvalue weighted by molar-refractivity contribution is 5.72. The molecule has 1 rings (SSSR count). The van der Waals surface area contributed by atoms with Crippen molar-refractivity contribution in [3.63, 3.8) is 0 Å².